The Morgan fingerprint density at radius 1 is 1.21 bits per heavy atom. The van der Waals surface area contributed by atoms with Crippen molar-refractivity contribution in [3.63, 3.8) is 0 Å². The molecule has 0 amide bonds. The number of hydrogen-bond acceptors (Lipinski definition) is 0. The summed E-state index contributed by atoms with van der Waals surface area (Å²) in [7, 11) is 0. The van der Waals surface area contributed by atoms with Crippen LogP contribution in [0.5, 0.6) is 0 Å². The van der Waals surface area contributed by atoms with Gasteiger partial charge in [0.1, 0.15) is 0 Å². The van der Waals surface area contributed by atoms with Crippen molar-refractivity contribution in [2.75, 3.05) is 0 Å². The molecule has 2 heteroatoms. The van der Waals surface area contributed by atoms with E-state index in [9.17, 15) is 0 Å². The van der Waals surface area contributed by atoms with E-state index < -0.39 is 0 Å². The van der Waals surface area contributed by atoms with Gasteiger partial charge < -0.3 is 0 Å². The van der Waals surface area contributed by atoms with Crippen LogP contribution in [0, 0.1) is 5.92 Å². The second kappa shape index (κ2) is 13.8. The third-order valence-corrected chi connectivity index (χ3v) is 6.60. The van der Waals surface area contributed by atoms with Crippen molar-refractivity contribution in [2.45, 2.75) is 74.1 Å². The van der Waals surface area contributed by atoms with Crippen molar-refractivity contribution in [1.82, 2.24) is 0 Å². The Kier molecular flexibility index (Phi) is 12.7. The summed E-state index contributed by atoms with van der Waals surface area (Å²) in [5.74, 6) is 0.684. The minimum atomic E-state index is 0.0242. The van der Waals surface area contributed by atoms with E-state index >= 15 is 0 Å². The fourth-order valence-corrected chi connectivity index (χ4v) is 4.60. The van der Waals surface area contributed by atoms with E-state index in [1.54, 1.807) is 0 Å². The first-order chi connectivity index (χ1) is 13.7. The van der Waals surface area contributed by atoms with E-state index in [1.807, 2.05) is 0 Å². The number of alkyl halides is 2. The minimum absolute atomic E-state index is 0.0242. The van der Waals surface area contributed by atoms with Crippen molar-refractivity contribution in [1.29, 1.82) is 0 Å². The maximum atomic E-state index is 4.20. The lowest BCUT2D eigenvalue weighted by atomic mass is 9.90. The topological polar surface area (TPSA) is 0 Å². The van der Waals surface area contributed by atoms with Gasteiger partial charge >= 0.3 is 0 Å². The molecule has 0 aromatic rings. The van der Waals surface area contributed by atoms with E-state index in [4.69, 9.17) is 0 Å². The van der Waals surface area contributed by atoms with Crippen LogP contribution in [0.4, 0.5) is 0 Å². The van der Waals surface area contributed by atoms with Crippen molar-refractivity contribution in [2.24, 2.45) is 5.92 Å². The standard InChI is InChI=1S/C27H38I2/c1-7-9-11-18-24(8-2)25(19-14-17-23-15-12-10-13-16-23)20-26(27(6,28)29)22(5)21(3)4/h8,10,12-13,15,18,20,23H,2-3,7,9,11,14,16-17,19H2,1,4-6H3/b24-18+,25-20+,26-22+. The number of halogens is 2. The molecule has 0 N–H and O–H groups in total. The van der Waals surface area contributed by atoms with Gasteiger partial charge in [0.05, 0.1) is 1.43 Å². The molecule has 29 heavy (non-hydrogen) atoms. The Morgan fingerprint density at radius 2 is 1.93 bits per heavy atom. The zero-order chi connectivity index (χ0) is 21.9. The van der Waals surface area contributed by atoms with E-state index in [0.29, 0.717) is 5.92 Å². The van der Waals surface area contributed by atoms with Gasteiger partial charge in [0.2, 0.25) is 0 Å². The molecular formula is C27H38I2. The Labute approximate surface area is 207 Å². The van der Waals surface area contributed by atoms with Crippen LogP contribution >= 0.6 is 45.2 Å². The first-order valence-electron chi connectivity index (χ1n) is 10.8. The number of rotatable bonds is 12. The van der Waals surface area contributed by atoms with E-state index in [-0.39, 0.29) is 1.43 Å². The fraction of sp³-hybridized carbons (Fsp3) is 0.481. The van der Waals surface area contributed by atoms with Crippen molar-refractivity contribution >= 4 is 45.2 Å². The summed E-state index contributed by atoms with van der Waals surface area (Å²) < 4.78 is 0.0242. The van der Waals surface area contributed by atoms with Crippen LogP contribution in [0.2, 0.25) is 0 Å². The van der Waals surface area contributed by atoms with Crippen molar-refractivity contribution in [3.05, 3.63) is 83.6 Å². The van der Waals surface area contributed by atoms with Crippen LogP contribution in [0.1, 0.15) is 72.6 Å². The predicted octanol–water partition coefficient (Wildman–Crippen LogP) is 10.00. The normalized spacial score (nSPS) is 18.6. The van der Waals surface area contributed by atoms with Crippen LogP contribution < -0.4 is 0 Å². The lowest BCUT2D eigenvalue weighted by molar-refractivity contribution is 0.563. The van der Waals surface area contributed by atoms with Gasteiger partial charge in [-0.05, 0) is 81.1 Å². The van der Waals surface area contributed by atoms with Gasteiger partial charge in [-0.25, -0.2) is 0 Å². The van der Waals surface area contributed by atoms with E-state index in [2.05, 4.69) is 129 Å². The molecule has 1 atom stereocenters. The van der Waals surface area contributed by atoms with Gasteiger partial charge in [-0.2, -0.15) is 0 Å². The Morgan fingerprint density at radius 3 is 2.45 bits per heavy atom. The van der Waals surface area contributed by atoms with Gasteiger partial charge in [-0.1, -0.05) is 126 Å². The summed E-state index contributed by atoms with van der Waals surface area (Å²) in [5, 5.41) is 0. The summed E-state index contributed by atoms with van der Waals surface area (Å²) in [4.78, 5) is 0. The summed E-state index contributed by atoms with van der Waals surface area (Å²) >= 11 is 5.09. The Hall–Kier alpha value is -0.360. The molecule has 160 valence electrons. The number of unbranched alkanes of at least 4 members (excludes halogenated alkanes) is 2. The molecule has 0 aromatic heterocycles. The smallest absolute Gasteiger partial charge is 0.0956 e. The molecule has 1 aliphatic carbocycles. The van der Waals surface area contributed by atoms with Gasteiger partial charge in [-0.3, -0.25) is 0 Å². The molecule has 0 bridgehead atoms. The number of hydrogen-bond donors (Lipinski definition) is 0. The molecule has 1 rings (SSSR count). The molecule has 0 fully saturated rings. The third kappa shape index (κ3) is 9.99. The fourth-order valence-electron chi connectivity index (χ4n) is 3.48. The zero-order valence-electron chi connectivity index (χ0n) is 18.7. The molecule has 0 spiro atoms. The molecular weight excluding hydrogens is 578 g/mol. The van der Waals surface area contributed by atoms with Crippen LogP contribution in [0.15, 0.2) is 83.6 Å². The molecule has 1 unspecified atom stereocenters. The summed E-state index contributed by atoms with van der Waals surface area (Å²) in [6, 6.07) is 0. The Bertz CT molecular complexity index is 705. The molecule has 0 radical (unpaired) electrons. The molecule has 1 aliphatic rings. The van der Waals surface area contributed by atoms with Gasteiger partial charge in [0.15, 0.2) is 0 Å². The maximum Gasteiger partial charge on any atom is 0.0956 e. The second-order valence-electron chi connectivity index (χ2n) is 8.08. The minimum Gasteiger partial charge on any atom is -0.0985 e. The average Bonchev–Trinajstić information content (AvgIpc) is 2.67. The lowest BCUT2D eigenvalue weighted by Crippen LogP contribution is -2.11. The SMILES string of the molecule is C=CC(=C\CCCC)/C(=C/C(=C(/C)C(=C)C)C(C)(I)I)CCCC1C=CC=CC1. The van der Waals surface area contributed by atoms with E-state index in [1.165, 1.54) is 54.4 Å². The molecule has 0 aromatic carbocycles. The van der Waals surface area contributed by atoms with Crippen molar-refractivity contribution < 1.29 is 0 Å². The highest BCUT2D eigenvalue weighted by atomic mass is 127. The first-order valence-corrected chi connectivity index (χ1v) is 13.0. The van der Waals surface area contributed by atoms with Crippen LogP contribution in [-0.2, 0) is 0 Å². The largest absolute Gasteiger partial charge is 0.0985 e. The zero-order valence-corrected chi connectivity index (χ0v) is 23.1. The number of allylic oxidation sites excluding steroid dienone is 12. The Balaban J connectivity index is 3.20. The highest BCUT2D eigenvalue weighted by Gasteiger charge is 2.23. The molecule has 0 saturated heterocycles. The van der Waals surface area contributed by atoms with Crippen LogP contribution in [0.25, 0.3) is 0 Å². The maximum absolute atomic E-state index is 4.20. The van der Waals surface area contributed by atoms with Gasteiger partial charge in [-0.15, -0.1) is 0 Å². The summed E-state index contributed by atoms with van der Waals surface area (Å²) in [5.41, 5.74) is 6.53. The summed E-state index contributed by atoms with van der Waals surface area (Å²) in [6.07, 6.45) is 24.1. The first kappa shape index (κ1) is 26.7. The molecule has 0 heterocycles. The molecule has 0 aliphatic heterocycles. The highest BCUT2D eigenvalue weighted by Crippen LogP contribution is 2.40. The average molecular weight is 616 g/mol. The predicted molar refractivity (Wildman–Crippen MR) is 150 cm³/mol. The van der Waals surface area contributed by atoms with Gasteiger partial charge in [0, 0.05) is 0 Å². The quantitative estimate of drug-likeness (QED) is 0.0887. The van der Waals surface area contributed by atoms with Crippen molar-refractivity contribution in [3.8, 4) is 0 Å². The van der Waals surface area contributed by atoms with Crippen LogP contribution in [0.3, 0.4) is 0 Å². The van der Waals surface area contributed by atoms with Gasteiger partial charge in [0.25, 0.3) is 0 Å². The summed E-state index contributed by atoms with van der Waals surface area (Å²) in [6.45, 7) is 17.2. The lowest BCUT2D eigenvalue weighted by Gasteiger charge is -2.22. The molecule has 0 saturated carbocycles. The van der Waals surface area contributed by atoms with Crippen LogP contribution in [-0.4, -0.2) is 1.43 Å². The highest BCUT2D eigenvalue weighted by molar-refractivity contribution is 14.2. The monoisotopic (exact) mass is 616 g/mol. The second-order valence-corrected chi connectivity index (χ2v) is 14.5. The third-order valence-electron chi connectivity index (χ3n) is 5.44. The molecule has 0 nitrogen and oxygen atoms in total. The van der Waals surface area contributed by atoms with E-state index in [0.717, 1.165) is 18.4 Å².